The Morgan fingerprint density at radius 2 is 1.75 bits per heavy atom. The summed E-state index contributed by atoms with van der Waals surface area (Å²) in [5.41, 5.74) is 0. The van der Waals surface area contributed by atoms with Crippen LogP contribution in [0.3, 0.4) is 0 Å². The van der Waals surface area contributed by atoms with E-state index in [1.54, 1.807) is 0 Å². The molecular formula is H6AlHfOSi. The molecule has 0 amide bonds. The van der Waals surface area contributed by atoms with Gasteiger partial charge in [0.2, 0.25) is 0 Å². The van der Waals surface area contributed by atoms with E-state index in [2.05, 4.69) is 0 Å². The number of hydrogen-bond donors (Lipinski definition) is 0. The average molecular weight is 256 g/mol. The molecule has 0 fully saturated rings. The fraction of sp³-hybridized carbons (Fsp3) is 0. The van der Waals surface area contributed by atoms with Crippen LogP contribution in [-0.4, -0.2) is 24.8 Å². The molecule has 0 N–H and O–H groups in total. The minimum atomic E-state index is -1.03. The maximum atomic E-state index is 9.19. The Labute approximate surface area is 49.5 Å². The quantitative estimate of drug-likeness (QED) is 0.438. The molecule has 0 aromatic rings. The number of hydrogen-bond acceptors (Lipinski definition) is 1. The first-order valence-corrected chi connectivity index (χ1v) is 13.9. The van der Waals surface area contributed by atoms with Gasteiger partial charge in [-0.05, 0) is 0 Å². The maximum absolute atomic E-state index is 9.19. The molecule has 1 nitrogen and oxygen atoms in total. The van der Waals surface area contributed by atoms with E-state index in [9.17, 15) is 2.85 Å². The molecule has 0 aliphatic carbocycles. The molecule has 4 heavy (non-hydrogen) atoms. The first-order valence-electron chi connectivity index (χ1n) is 0.704. The Morgan fingerprint density at radius 3 is 1.75 bits per heavy atom. The monoisotopic (exact) mass is 257 g/mol. The molecule has 0 radical (unpaired) electrons. The van der Waals surface area contributed by atoms with Crippen molar-refractivity contribution < 1.29 is 24.9 Å². The van der Waals surface area contributed by atoms with E-state index in [4.69, 9.17) is 0 Å². The van der Waals surface area contributed by atoms with E-state index in [0.29, 0.717) is 0 Å². The van der Waals surface area contributed by atoms with E-state index >= 15 is 0 Å². The summed E-state index contributed by atoms with van der Waals surface area (Å²) in [7, 11) is 1.01. The molecule has 0 aliphatic heterocycles. The molecule has 0 saturated heterocycles. The van der Waals surface area contributed by atoms with Crippen LogP contribution >= 0.6 is 0 Å². The molecule has 23 valence electrons. The van der Waals surface area contributed by atoms with Crippen molar-refractivity contribution in [1.29, 1.82) is 0 Å². The Bertz CT molecular complexity index is 15.5. The van der Waals surface area contributed by atoms with Crippen molar-refractivity contribution in [2.75, 3.05) is 0 Å². The van der Waals surface area contributed by atoms with Gasteiger partial charge < -0.3 is 0 Å². The van der Waals surface area contributed by atoms with E-state index in [1.807, 2.05) is 0 Å². The van der Waals surface area contributed by atoms with Crippen LogP contribution in [0, 0.1) is 0 Å². The minimum absolute atomic E-state index is 0. The molecule has 0 saturated carbocycles. The predicted molar refractivity (Wildman–Crippen MR) is 20.6 cm³/mol. The van der Waals surface area contributed by atoms with Crippen molar-refractivity contribution in [3.8, 4) is 0 Å². The Morgan fingerprint density at radius 1 is 1.75 bits per heavy atom. The van der Waals surface area contributed by atoms with Crippen LogP contribution in [0.1, 0.15) is 0 Å². The van der Waals surface area contributed by atoms with Gasteiger partial charge in [0.25, 0.3) is 0 Å². The van der Waals surface area contributed by atoms with Crippen molar-refractivity contribution in [1.82, 2.24) is 0 Å². The Hall–Kier alpha value is 1.42. The third-order valence-corrected chi connectivity index (χ3v) is 0. The van der Waals surface area contributed by atoms with Crippen LogP contribution in [0.4, 0.5) is 0 Å². The van der Waals surface area contributed by atoms with Gasteiger partial charge in [0.15, 0.2) is 17.4 Å². The topological polar surface area (TPSA) is 17.1 Å². The van der Waals surface area contributed by atoms with Gasteiger partial charge in [-0.3, -0.25) is 0 Å². The van der Waals surface area contributed by atoms with Gasteiger partial charge in [0.05, 0.1) is 0 Å². The van der Waals surface area contributed by atoms with E-state index < -0.39 is 22.1 Å². The fourth-order valence-electron chi connectivity index (χ4n) is 0. The van der Waals surface area contributed by atoms with Crippen LogP contribution in [-0.2, 0) is 24.9 Å². The third-order valence-electron chi connectivity index (χ3n) is 0. The second-order valence-electron chi connectivity index (χ2n) is 0.204. The second-order valence-corrected chi connectivity index (χ2v) is 5.01. The van der Waals surface area contributed by atoms with Gasteiger partial charge >= 0.3 is 32.4 Å². The average Bonchev–Trinajstić information content (AvgIpc) is 0.918. The Balaban J connectivity index is 0. The van der Waals surface area contributed by atoms with Crippen molar-refractivity contribution in [2.45, 2.75) is 0 Å². The summed E-state index contributed by atoms with van der Waals surface area (Å²) in [6.45, 7) is 0. The van der Waals surface area contributed by atoms with Crippen molar-refractivity contribution in [3.05, 3.63) is 0 Å². The summed E-state index contributed by atoms with van der Waals surface area (Å²) in [6, 6.07) is 0. The molecule has 0 aromatic heterocycles. The SMILES string of the molecule is [AlH3].[O]=[Hf][SiH3]. The molecule has 0 spiro atoms. The molecule has 0 rings (SSSR count). The van der Waals surface area contributed by atoms with Crippen molar-refractivity contribution in [2.24, 2.45) is 0 Å². The van der Waals surface area contributed by atoms with Crippen LogP contribution < -0.4 is 0 Å². The summed E-state index contributed by atoms with van der Waals surface area (Å²) in [5, 5.41) is 0. The van der Waals surface area contributed by atoms with E-state index in [0.717, 1.165) is 7.43 Å². The first-order chi connectivity index (χ1) is 1.41. The van der Waals surface area contributed by atoms with Gasteiger partial charge in [0, 0.05) is 0 Å². The molecule has 0 unspecified atom stereocenters. The number of rotatable bonds is 0. The van der Waals surface area contributed by atoms with Crippen molar-refractivity contribution >= 4 is 24.8 Å². The van der Waals surface area contributed by atoms with Crippen LogP contribution in [0.15, 0.2) is 0 Å². The van der Waals surface area contributed by atoms with Gasteiger partial charge in [-0.2, -0.15) is 0 Å². The molecular weight excluding hydrogens is 250 g/mol. The van der Waals surface area contributed by atoms with Crippen LogP contribution in [0.5, 0.6) is 0 Å². The standard InChI is InChI=1S/Al.Hf.O.H3Si.3H/h;;;1H3;;;. The zero-order chi connectivity index (χ0) is 2.71. The summed E-state index contributed by atoms with van der Waals surface area (Å²) >= 11 is -1.03. The summed E-state index contributed by atoms with van der Waals surface area (Å²) in [5.74, 6) is 0. The van der Waals surface area contributed by atoms with Crippen LogP contribution in [0.2, 0.25) is 0 Å². The molecule has 0 heterocycles. The van der Waals surface area contributed by atoms with Gasteiger partial charge in [-0.1, -0.05) is 0 Å². The zero-order valence-corrected chi connectivity index (χ0v) is 7.50. The molecule has 0 aliphatic rings. The van der Waals surface area contributed by atoms with Crippen molar-refractivity contribution in [3.63, 3.8) is 0 Å². The summed E-state index contributed by atoms with van der Waals surface area (Å²) in [6.07, 6.45) is 0. The molecule has 4 heteroatoms. The normalized spacial score (nSPS) is 3.00. The first kappa shape index (κ1) is 9.05. The van der Waals surface area contributed by atoms with E-state index in [1.165, 1.54) is 0 Å². The van der Waals surface area contributed by atoms with E-state index in [-0.39, 0.29) is 17.4 Å². The summed E-state index contributed by atoms with van der Waals surface area (Å²) in [4.78, 5) is 0. The third kappa shape index (κ3) is 9.93. The van der Waals surface area contributed by atoms with Gasteiger partial charge in [0.1, 0.15) is 0 Å². The fourth-order valence-corrected chi connectivity index (χ4v) is 0. The second kappa shape index (κ2) is 8.83. The van der Waals surface area contributed by atoms with Crippen LogP contribution in [0.25, 0.3) is 0 Å². The molecule has 0 bridgehead atoms. The molecule has 0 aromatic carbocycles. The molecule has 0 atom stereocenters. The predicted octanol–water partition coefficient (Wildman–Crippen LogP) is -2.49. The Kier molecular flexibility index (Phi) is 20.0. The summed E-state index contributed by atoms with van der Waals surface area (Å²) < 4.78 is 9.19. The zero-order valence-electron chi connectivity index (χ0n) is 1.91. The van der Waals surface area contributed by atoms with Gasteiger partial charge in [-0.15, -0.1) is 0 Å². The van der Waals surface area contributed by atoms with Gasteiger partial charge in [-0.25, -0.2) is 0 Å².